The molecule has 1 saturated heterocycles. The molecule has 2 rings (SSSR count). The second-order valence-corrected chi connectivity index (χ2v) is 7.27. The summed E-state index contributed by atoms with van der Waals surface area (Å²) >= 11 is 1.97. The van der Waals surface area contributed by atoms with Gasteiger partial charge in [-0.3, -0.25) is 4.79 Å². The largest absolute Gasteiger partial charge is 0.385 e. The van der Waals surface area contributed by atoms with Gasteiger partial charge in [0.05, 0.1) is 0 Å². The average Bonchev–Trinajstić information content (AvgIpc) is 2.90. The fourth-order valence-corrected chi connectivity index (χ4v) is 3.60. The van der Waals surface area contributed by atoms with Gasteiger partial charge in [0, 0.05) is 29.1 Å². The smallest absolute Gasteiger partial charge is 0.251 e. The lowest BCUT2D eigenvalue weighted by Crippen LogP contribution is -2.36. The Kier molecular flexibility index (Phi) is 5.35. The van der Waals surface area contributed by atoms with E-state index in [1.54, 1.807) is 0 Å². The molecule has 1 atom stereocenters. The maximum atomic E-state index is 12.1. The van der Waals surface area contributed by atoms with Crippen LogP contribution in [0.15, 0.2) is 24.3 Å². The molecule has 1 unspecified atom stereocenters. The van der Waals surface area contributed by atoms with Gasteiger partial charge in [-0.1, -0.05) is 6.92 Å². The van der Waals surface area contributed by atoms with Gasteiger partial charge in [-0.25, -0.2) is 0 Å². The van der Waals surface area contributed by atoms with Crippen LogP contribution in [0, 0.1) is 0 Å². The topological polar surface area (TPSA) is 41.1 Å². The zero-order valence-electron chi connectivity index (χ0n) is 12.4. The van der Waals surface area contributed by atoms with E-state index in [0.717, 1.165) is 30.8 Å². The zero-order chi connectivity index (χ0) is 14.4. The van der Waals surface area contributed by atoms with Crippen LogP contribution in [0.3, 0.4) is 0 Å². The summed E-state index contributed by atoms with van der Waals surface area (Å²) in [7, 11) is 0. The Bertz CT molecular complexity index is 438. The van der Waals surface area contributed by atoms with E-state index in [9.17, 15) is 4.79 Å². The fourth-order valence-electron chi connectivity index (χ4n) is 2.35. The van der Waals surface area contributed by atoms with E-state index >= 15 is 0 Å². The van der Waals surface area contributed by atoms with Gasteiger partial charge in [-0.05, 0) is 56.2 Å². The predicted molar refractivity (Wildman–Crippen MR) is 87.7 cm³/mol. The van der Waals surface area contributed by atoms with E-state index in [2.05, 4.69) is 24.5 Å². The Labute approximate surface area is 125 Å². The van der Waals surface area contributed by atoms with Crippen molar-refractivity contribution >= 4 is 23.4 Å². The van der Waals surface area contributed by atoms with E-state index in [0.29, 0.717) is 0 Å². The van der Waals surface area contributed by atoms with E-state index in [4.69, 9.17) is 0 Å². The second-order valence-electron chi connectivity index (χ2n) is 5.59. The van der Waals surface area contributed by atoms with Crippen molar-refractivity contribution in [3.05, 3.63) is 29.8 Å². The van der Waals surface area contributed by atoms with E-state index in [-0.39, 0.29) is 10.7 Å². The van der Waals surface area contributed by atoms with Crippen molar-refractivity contribution in [2.75, 3.05) is 24.2 Å². The molecule has 4 heteroatoms. The standard InChI is InChI=1S/C16H24N2OS/c1-3-10-17-14-7-5-13(6-8-14)15(19)18-12-16(2)9-4-11-20-16/h5-8,17H,3-4,9-12H2,1-2H3,(H,18,19). The van der Waals surface area contributed by atoms with Crippen LogP contribution < -0.4 is 10.6 Å². The SMILES string of the molecule is CCCNc1ccc(C(=O)NCC2(C)CCCS2)cc1. The first-order chi connectivity index (χ1) is 9.63. The molecule has 0 aliphatic carbocycles. The highest BCUT2D eigenvalue weighted by molar-refractivity contribution is 8.00. The summed E-state index contributed by atoms with van der Waals surface area (Å²) in [5, 5.41) is 6.37. The second kappa shape index (κ2) is 7.02. The number of carbonyl (C=O) groups is 1. The Morgan fingerprint density at radius 2 is 2.10 bits per heavy atom. The lowest BCUT2D eigenvalue weighted by atomic mass is 10.1. The molecule has 1 aromatic carbocycles. The van der Waals surface area contributed by atoms with Gasteiger partial charge in [-0.15, -0.1) is 0 Å². The van der Waals surface area contributed by atoms with Crippen molar-refractivity contribution in [1.29, 1.82) is 0 Å². The Balaban J connectivity index is 1.85. The third kappa shape index (κ3) is 4.17. The molecule has 110 valence electrons. The van der Waals surface area contributed by atoms with E-state index < -0.39 is 0 Å². The molecule has 2 N–H and O–H groups in total. The number of thioether (sulfide) groups is 1. The van der Waals surface area contributed by atoms with Crippen LogP contribution in [0.5, 0.6) is 0 Å². The number of hydrogen-bond acceptors (Lipinski definition) is 3. The molecule has 0 radical (unpaired) electrons. The lowest BCUT2D eigenvalue weighted by molar-refractivity contribution is 0.0950. The number of anilines is 1. The predicted octanol–water partition coefficient (Wildman–Crippen LogP) is 3.52. The first-order valence-electron chi connectivity index (χ1n) is 7.39. The van der Waals surface area contributed by atoms with Gasteiger partial charge in [0.25, 0.3) is 5.91 Å². The highest BCUT2D eigenvalue weighted by Gasteiger charge is 2.29. The third-order valence-electron chi connectivity index (χ3n) is 3.65. The summed E-state index contributed by atoms with van der Waals surface area (Å²) in [5.74, 6) is 1.24. The molecule has 20 heavy (non-hydrogen) atoms. The van der Waals surface area contributed by atoms with Crippen LogP contribution in [0.2, 0.25) is 0 Å². The number of rotatable bonds is 6. The number of nitrogens with one attached hydrogen (secondary N) is 2. The summed E-state index contributed by atoms with van der Waals surface area (Å²) in [5.41, 5.74) is 1.81. The summed E-state index contributed by atoms with van der Waals surface area (Å²) < 4.78 is 0.221. The minimum absolute atomic E-state index is 0.0285. The molecule has 0 aromatic heterocycles. The van der Waals surface area contributed by atoms with Gasteiger partial charge >= 0.3 is 0 Å². The van der Waals surface area contributed by atoms with Gasteiger partial charge in [-0.2, -0.15) is 11.8 Å². The molecular weight excluding hydrogens is 268 g/mol. The highest BCUT2D eigenvalue weighted by atomic mass is 32.2. The van der Waals surface area contributed by atoms with Crippen molar-refractivity contribution in [3.63, 3.8) is 0 Å². The van der Waals surface area contributed by atoms with E-state index in [1.807, 2.05) is 36.0 Å². The molecular formula is C16H24N2OS. The van der Waals surface area contributed by atoms with Crippen molar-refractivity contribution in [2.45, 2.75) is 37.9 Å². The number of amides is 1. The van der Waals surface area contributed by atoms with Crippen LogP contribution in [-0.4, -0.2) is 29.5 Å². The van der Waals surface area contributed by atoms with Crippen LogP contribution >= 0.6 is 11.8 Å². The number of hydrogen-bond donors (Lipinski definition) is 2. The van der Waals surface area contributed by atoms with Crippen molar-refractivity contribution in [2.24, 2.45) is 0 Å². The summed E-state index contributed by atoms with van der Waals surface area (Å²) in [6, 6.07) is 7.71. The van der Waals surface area contributed by atoms with Gasteiger partial charge in [0.2, 0.25) is 0 Å². The average molecular weight is 292 g/mol. The molecule has 1 aliphatic heterocycles. The van der Waals surface area contributed by atoms with Crippen LogP contribution in [-0.2, 0) is 0 Å². The van der Waals surface area contributed by atoms with Crippen LogP contribution in [0.4, 0.5) is 5.69 Å². The van der Waals surface area contributed by atoms with Crippen molar-refractivity contribution in [1.82, 2.24) is 5.32 Å². The fraction of sp³-hybridized carbons (Fsp3) is 0.562. The Morgan fingerprint density at radius 3 is 2.70 bits per heavy atom. The number of benzene rings is 1. The molecule has 0 saturated carbocycles. The third-order valence-corrected chi connectivity index (χ3v) is 5.19. The van der Waals surface area contributed by atoms with Gasteiger partial charge in [0.1, 0.15) is 0 Å². The summed E-state index contributed by atoms with van der Waals surface area (Å²) in [6.07, 6.45) is 3.55. The number of carbonyl (C=O) groups excluding carboxylic acids is 1. The normalized spacial score (nSPS) is 21.7. The highest BCUT2D eigenvalue weighted by Crippen LogP contribution is 2.36. The minimum Gasteiger partial charge on any atom is -0.385 e. The molecule has 1 heterocycles. The summed E-state index contributed by atoms with van der Waals surface area (Å²) in [6.45, 7) is 6.09. The van der Waals surface area contributed by atoms with Crippen LogP contribution in [0.1, 0.15) is 43.5 Å². The molecule has 1 aromatic rings. The summed E-state index contributed by atoms with van der Waals surface area (Å²) in [4.78, 5) is 12.1. The molecule has 1 aliphatic rings. The maximum Gasteiger partial charge on any atom is 0.251 e. The Hall–Kier alpha value is -1.16. The lowest BCUT2D eigenvalue weighted by Gasteiger charge is -2.22. The Morgan fingerprint density at radius 1 is 1.35 bits per heavy atom. The molecule has 3 nitrogen and oxygen atoms in total. The first-order valence-corrected chi connectivity index (χ1v) is 8.38. The molecule has 0 bridgehead atoms. The van der Waals surface area contributed by atoms with Crippen molar-refractivity contribution < 1.29 is 4.79 Å². The van der Waals surface area contributed by atoms with Gasteiger partial charge in [0.15, 0.2) is 0 Å². The molecule has 1 amide bonds. The quantitative estimate of drug-likeness (QED) is 0.843. The molecule has 1 fully saturated rings. The van der Waals surface area contributed by atoms with Crippen LogP contribution in [0.25, 0.3) is 0 Å². The first kappa shape index (κ1) is 15.2. The maximum absolute atomic E-state index is 12.1. The van der Waals surface area contributed by atoms with Crippen molar-refractivity contribution in [3.8, 4) is 0 Å². The van der Waals surface area contributed by atoms with E-state index in [1.165, 1.54) is 18.6 Å². The minimum atomic E-state index is 0.0285. The van der Waals surface area contributed by atoms with Gasteiger partial charge < -0.3 is 10.6 Å². The zero-order valence-corrected chi connectivity index (χ0v) is 13.2. The monoisotopic (exact) mass is 292 g/mol. The molecule has 0 spiro atoms.